The van der Waals surface area contributed by atoms with E-state index in [1.807, 2.05) is 24.3 Å². The lowest BCUT2D eigenvalue weighted by molar-refractivity contribution is -0.137. The van der Waals surface area contributed by atoms with Crippen LogP contribution >= 0.6 is 0 Å². The first-order chi connectivity index (χ1) is 16.7. The minimum Gasteiger partial charge on any atom is -0.463 e. The Bertz CT molecular complexity index is 1060. The monoisotopic (exact) mass is 499 g/mol. The SMILES string of the molecule is C=CC(=O)OCCCCCCS(=O)(=O)c1ccc(N=Nc2ccc(N(C)C[C@H](C)CC)cc2)cc1. The van der Waals surface area contributed by atoms with Crippen LogP contribution in [0.1, 0.15) is 46.0 Å². The summed E-state index contributed by atoms with van der Waals surface area (Å²) in [5, 5.41) is 8.50. The lowest BCUT2D eigenvalue weighted by atomic mass is 10.1. The fourth-order valence-electron chi connectivity index (χ4n) is 3.41. The van der Waals surface area contributed by atoms with E-state index in [0.29, 0.717) is 31.1 Å². The topological polar surface area (TPSA) is 88.4 Å². The molecule has 0 bridgehead atoms. The molecule has 2 aromatic carbocycles. The van der Waals surface area contributed by atoms with Crippen LogP contribution in [0.3, 0.4) is 0 Å². The Morgan fingerprint density at radius 3 is 2.14 bits per heavy atom. The minimum absolute atomic E-state index is 0.0815. The van der Waals surface area contributed by atoms with Gasteiger partial charge in [0.1, 0.15) is 0 Å². The molecule has 2 rings (SSSR count). The molecule has 0 saturated heterocycles. The van der Waals surface area contributed by atoms with Crippen molar-refractivity contribution in [3.63, 3.8) is 0 Å². The van der Waals surface area contributed by atoms with Crippen LogP contribution < -0.4 is 4.90 Å². The highest BCUT2D eigenvalue weighted by molar-refractivity contribution is 7.91. The van der Waals surface area contributed by atoms with Gasteiger partial charge in [0.05, 0.1) is 28.6 Å². The molecule has 0 N–H and O–H groups in total. The van der Waals surface area contributed by atoms with Gasteiger partial charge in [0.25, 0.3) is 0 Å². The number of hydrogen-bond donors (Lipinski definition) is 0. The lowest BCUT2D eigenvalue weighted by Gasteiger charge is -2.22. The van der Waals surface area contributed by atoms with E-state index in [9.17, 15) is 13.2 Å². The van der Waals surface area contributed by atoms with Crippen LogP contribution in [-0.4, -0.2) is 40.3 Å². The van der Waals surface area contributed by atoms with E-state index in [4.69, 9.17) is 4.74 Å². The maximum atomic E-state index is 12.6. The van der Waals surface area contributed by atoms with Gasteiger partial charge in [0.2, 0.25) is 0 Å². The maximum absolute atomic E-state index is 12.6. The van der Waals surface area contributed by atoms with Gasteiger partial charge >= 0.3 is 5.97 Å². The smallest absolute Gasteiger partial charge is 0.330 e. The van der Waals surface area contributed by atoms with Crippen LogP contribution in [0.2, 0.25) is 0 Å². The number of ether oxygens (including phenoxy) is 1. The standard InChI is InChI=1S/C27H37N3O4S/c1-5-22(3)21-30(4)25-15-11-23(12-16-25)28-29-24-13-17-26(18-14-24)35(32,33)20-10-8-7-9-19-34-27(31)6-2/h6,11-18,22H,2,5,7-10,19-21H2,1,3-4H3/t22-/m1/s1. The van der Waals surface area contributed by atoms with Gasteiger partial charge in [-0.2, -0.15) is 10.2 Å². The summed E-state index contributed by atoms with van der Waals surface area (Å²) in [6.07, 6.45) is 5.09. The Morgan fingerprint density at radius 2 is 1.57 bits per heavy atom. The molecular formula is C27H37N3O4S. The van der Waals surface area contributed by atoms with Gasteiger partial charge in [-0.1, -0.05) is 39.7 Å². The normalized spacial score (nSPS) is 12.4. The quantitative estimate of drug-likeness (QED) is 0.118. The van der Waals surface area contributed by atoms with E-state index in [1.54, 1.807) is 24.3 Å². The van der Waals surface area contributed by atoms with E-state index >= 15 is 0 Å². The molecule has 190 valence electrons. The number of carbonyl (C=O) groups excluding carboxylic acids is 1. The largest absolute Gasteiger partial charge is 0.463 e. The van der Waals surface area contributed by atoms with Crippen LogP contribution in [-0.2, 0) is 19.4 Å². The molecule has 0 fully saturated rings. The van der Waals surface area contributed by atoms with Gasteiger partial charge in [0.15, 0.2) is 9.84 Å². The molecule has 0 amide bonds. The van der Waals surface area contributed by atoms with Crippen molar-refractivity contribution >= 4 is 32.9 Å². The van der Waals surface area contributed by atoms with E-state index in [0.717, 1.165) is 43.3 Å². The highest BCUT2D eigenvalue weighted by atomic mass is 32.2. The molecule has 0 unspecified atom stereocenters. The Morgan fingerprint density at radius 1 is 1.00 bits per heavy atom. The number of anilines is 1. The number of hydrogen-bond acceptors (Lipinski definition) is 7. The van der Waals surface area contributed by atoms with Gasteiger partial charge in [-0.15, -0.1) is 0 Å². The number of benzene rings is 2. The van der Waals surface area contributed by atoms with E-state index in [1.165, 1.54) is 0 Å². The molecule has 2 aromatic rings. The molecule has 0 spiro atoms. The molecule has 0 aliphatic heterocycles. The Kier molecular flexibility index (Phi) is 11.6. The third-order valence-corrected chi connectivity index (χ3v) is 7.58. The summed E-state index contributed by atoms with van der Waals surface area (Å²) >= 11 is 0. The van der Waals surface area contributed by atoms with Crippen LogP contribution in [0, 0.1) is 5.92 Å². The van der Waals surface area contributed by atoms with Gasteiger partial charge in [-0.25, -0.2) is 13.2 Å². The van der Waals surface area contributed by atoms with Gasteiger partial charge in [-0.3, -0.25) is 0 Å². The summed E-state index contributed by atoms with van der Waals surface area (Å²) in [6.45, 7) is 9.10. The second kappa shape index (κ2) is 14.4. The Labute approximate surface area is 209 Å². The number of azo groups is 1. The average Bonchev–Trinajstić information content (AvgIpc) is 2.87. The molecule has 7 nitrogen and oxygen atoms in total. The first kappa shape index (κ1) is 28.2. The summed E-state index contributed by atoms with van der Waals surface area (Å²) in [4.78, 5) is 13.5. The second-order valence-corrected chi connectivity index (χ2v) is 10.8. The van der Waals surface area contributed by atoms with Crippen LogP contribution in [0.4, 0.5) is 17.1 Å². The highest BCUT2D eigenvalue weighted by Crippen LogP contribution is 2.24. The summed E-state index contributed by atoms with van der Waals surface area (Å²) in [5.74, 6) is 0.276. The van der Waals surface area contributed by atoms with E-state index in [2.05, 4.69) is 42.6 Å². The first-order valence-corrected chi connectivity index (χ1v) is 13.8. The molecule has 8 heteroatoms. The van der Waals surface area contributed by atoms with Crippen molar-refractivity contribution < 1.29 is 17.9 Å². The van der Waals surface area contributed by atoms with Crippen LogP contribution in [0.5, 0.6) is 0 Å². The minimum atomic E-state index is -3.35. The molecule has 35 heavy (non-hydrogen) atoms. The van der Waals surface area contributed by atoms with Crippen molar-refractivity contribution in [2.24, 2.45) is 16.1 Å². The lowest BCUT2D eigenvalue weighted by Crippen LogP contribution is -2.23. The molecular weight excluding hydrogens is 462 g/mol. The zero-order valence-electron chi connectivity index (χ0n) is 21.0. The van der Waals surface area contributed by atoms with Crippen LogP contribution in [0.15, 0.2) is 76.3 Å². The number of sulfone groups is 1. The highest BCUT2D eigenvalue weighted by Gasteiger charge is 2.14. The van der Waals surface area contributed by atoms with Crippen molar-refractivity contribution in [2.45, 2.75) is 50.8 Å². The van der Waals surface area contributed by atoms with Crippen molar-refractivity contribution in [1.29, 1.82) is 0 Å². The number of rotatable bonds is 15. The Balaban J connectivity index is 1.82. The maximum Gasteiger partial charge on any atom is 0.330 e. The van der Waals surface area contributed by atoms with Gasteiger partial charge in [-0.05, 0) is 67.3 Å². The van der Waals surface area contributed by atoms with Crippen molar-refractivity contribution in [1.82, 2.24) is 0 Å². The van der Waals surface area contributed by atoms with Crippen molar-refractivity contribution in [3.8, 4) is 0 Å². The van der Waals surface area contributed by atoms with E-state index in [-0.39, 0.29) is 10.6 Å². The van der Waals surface area contributed by atoms with Gasteiger partial charge in [0, 0.05) is 25.4 Å². The molecule has 0 saturated carbocycles. The first-order valence-electron chi connectivity index (χ1n) is 12.1. The predicted molar refractivity (Wildman–Crippen MR) is 141 cm³/mol. The summed E-state index contributed by atoms with van der Waals surface area (Å²) in [7, 11) is -1.27. The number of nitrogens with zero attached hydrogens (tertiary/aromatic N) is 3. The summed E-state index contributed by atoms with van der Waals surface area (Å²) < 4.78 is 30.1. The van der Waals surface area contributed by atoms with Crippen molar-refractivity contribution in [2.75, 3.05) is 30.9 Å². The number of unbranched alkanes of at least 4 members (excludes halogenated alkanes) is 3. The zero-order chi connectivity index (χ0) is 25.7. The molecule has 0 radical (unpaired) electrons. The number of carbonyl (C=O) groups is 1. The molecule has 0 aromatic heterocycles. The third-order valence-electron chi connectivity index (χ3n) is 5.77. The zero-order valence-corrected chi connectivity index (χ0v) is 21.8. The average molecular weight is 500 g/mol. The third kappa shape index (κ3) is 10.0. The van der Waals surface area contributed by atoms with Gasteiger partial charge < -0.3 is 9.64 Å². The Hall–Kier alpha value is -3.00. The second-order valence-electron chi connectivity index (χ2n) is 8.71. The fourth-order valence-corrected chi connectivity index (χ4v) is 4.78. The van der Waals surface area contributed by atoms with E-state index < -0.39 is 15.8 Å². The molecule has 0 aliphatic carbocycles. The molecule has 0 aliphatic rings. The summed E-state index contributed by atoms with van der Waals surface area (Å²) in [6, 6.07) is 14.4. The number of esters is 1. The molecule has 0 heterocycles. The predicted octanol–water partition coefficient (Wildman–Crippen LogP) is 6.65. The summed E-state index contributed by atoms with van der Waals surface area (Å²) in [5.41, 5.74) is 2.47. The fraction of sp³-hybridized carbons (Fsp3) is 0.444. The molecule has 1 atom stereocenters. The van der Waals surface area contributed by atoms with Crippen LogP contribution in [0.25, 0.3) is 0 Å². The van der Waals surface area contributed by atoms with Crippen molar-refractivity contribution in [3.05, 3.63) is 61.2 Å².